The number of nitrogens with one attached hydrogen (secondary N) is 1. The molecular weight excluding hydrogens is 194 g/mol. The van der Waals surface area contributed by atoms with Crippen LogP contribution in [-0.4, -0.2) is 18.4 Å². The van der Waals surface area contributed by atoms with E-state index >= 15 is 0 Å². The lowest BCUT2D eigenvalue weighted by molar-refractivity contribution is -0.118. The molecule has 0 heterocycles. The molecule has 0 bridgehead atoms. The van der Waals surface area contributed by atoms with Crippen LogP contribution in [0, 0.1) is 0 Å². The molecule has 0 atom stereocenters. The summed E-state index contributed by atoms with van der Waals surface area (Å²) in [7, 11) is 0. The Morgan fingerprint density at radius 1 is 1.27 bits per heavy atom. The van der Waals surface area contributed by atoms with Crippen molar-refractivity contribution >= 4 is 11.8 Å². The summed E-state index contributed by atoms with van der Waals surface area (Å²) in [5.41, 5.74) is 0.439. The molecule has 1 aromatic carbocycles. The Morgan fingerprint density at radius 3 is 2.33 bits per heavy atom. The van der Waals surface area contributed by atoms with Gasteiger partial charge in [-0.15, -0.1) is 0 Å². The van der Waals surface area contributed by atoms with Gasteiger partial charge in [-0.1, -0.05) is 0 Å². The maximum Gasteiger partial charge on any atom is 0.257 e. The van der Waals surface area contributed by atoms with Gasteiger partial charge in [0.25, 0.3) is 5.91 Å². The third-order valence-corrected chi connectivity index (χ3v) is 1.72. The lowest BCUT2D eigenvalue weighted by Crippen LogP contribution is -2.27. The molecule has 0 saturated heterocycles. The minimum atomic E-state index is -0.398. The number of carbonyl (C=O) groups excluding carboxylic acids is 2. The van der Waals surface area contributed by atoms with Gasteiger partial charge in [0, 0.05) is 12.5 Å². The normalized spacial score (nSPS) is 9.47. The molecule has 1 rings (SSSR count). The van der Waals surface area contributed by atoms with E-state index in [4.69, 9.17) is 4.74 Å². The zero-order valence-corrected chi connectivity index (χ0v) is 8.74. The molecule has 80 valence electrons. The first-order valence-corrected chi connectivity index (χ1v) is 4.68. The SMILES string of the molecule is CCOc1ccc(C(=O)NC(C)=O)cc1. The van der Waals surface area contributed by atoms with Crippen LogP contribution >= 0.6 is 0 Å². The molecule has 0 spiro atoms. The lowest BCUT2D eigenvalue weighted by Gasteiger charge is -2.04. The molecule has 2 amide bonds. The zero-order valence-electron chi connectivity index (χ0n) is 8.74. The van der Waals surface area contributed by atoms with Gasteiger partial charge in [0.2, 0.25) is 5.91 Å². The summed E-state index contributed by atoms with van der Waals surface area (Å²) in [5, 5.41) is 2.19. The summed E-state index contributed by atoms with van der Waals surface area (Å²) in [6.07, 6.45) is 0. The second kappa shape index (κ2) is 5.14. The number of benzene rings is 1. The predicted molar refractivity (Wildman–Crippen MR) is 55.8 cm³/mol. The summed E-state index contributed by atoms with van der Waals surface area (Å²) >= 11 is 0. The van der Waals surface area contributed by atoms with Gasteiger partial charge in [-0.05, 0) is 31.2 Å². The zero-order chi connectivity index (χ0) is 11.3. The Bertz CT molecular complexity index is 357. The fourth-order valence-electron chi connectivity index (χ4n) is 1.10. The van der Waals surface area contributed by atoms with Crippen molar-refractivity contribution < 1.29 is 14.3 Å². The second-order valence-electron chi connectivity index (χ2n) is 2.97. The molecule has 1 N–H and O–H groups in total. The Labute approximate surface area is 88.2 Å². The highest BCUT2D eigenvalue weighted by Crippen LogP contribution is 2.11. The molecule has 4 nitrogen and oxygen atoms in total. The van der Waals surface area contributed by atoms with Crippen LogP contribution in [0.1, 0.15) is 24.2 Å². The standard InChI is InChI=1S/C11H13NO3/c1-3-15-10-6-4-9(5-7-10)11(14)12-8(2)13/h4-7H,3H2,1-2H3,(H,12,13,14). The van der Waals surface area contributed by atoms with Gasteiger partial charge >= 0.3 is 0 Å². The van der Waals surface area contributed by atoms with Crippen LogP contribution in [0.5, 0.6) is 5.75 Å². The molecule has 4 heteroatoms. The first kappa shape index (κ1) is 11.2. The van der Waals surface area contributed by atoms with Crippen molar-refractivity contribution in [3.05, 3.63) is 29.8 Å². The fraction of sp³-hybridized carbons (Fsp3) is 0.273. The average molecular weight is 207 g/mol. The van der Waals surface area contributed by atoms with E-state index in [1.165, 1.54) is 6.92 Å². The number of hydrogen-bond donors (Lipinski definition) is 1. The van der Waals surface area contributed by atoms with Crippen LogP contribution in [0.2, 0.25) is 0 Å². The number of carbonyl (C=O) groups is 2. The molecular formula is C11H13NO3. The Hall–Kier alpha value is -1.84. The van der Waals surface area contributed by atoms with Gasteiger partial charge in [-0.3, -0.25) is 14.9 Å². The molecule has 15 heavy (non-hydrogen) atoms. The minimum Gasteiger partial charge on any atom is -0.494 e. The summed E-state index contributed by atoms with van der Waals surface area (Å²) in [5.74, 6) is -0.0590. The van der Waals surface area contributed by atoms with E-state index in [0.717, 1.165) is 0 Å². The highest BCUT2D eigenvalue weighted by atomic mass is 16.5. The first-order chi connectivity index (χ1) is 7.13. The van der Waals surface area contributed by atoms with Crippen molar-refractivity contribution in [2.24, 2.45) is 0 Å². The van der Waals surface area contributed by atoms with E-state index in [-0.39, 0.29) is 5.91 Å². The molecule has 0 saturated carbocycles. The van der Waals surface area contributed by atoms with Gasteiger partial charge < -0.3 is 4.74 Å². The smallest absolute Gasteiger partial charge is 0.257 e. The molecule has 0 aliphatic carbocycles. The van der Waals surface area contributed by atoms with Gasteiger partial charge in [-0.25, -0.2) is 0 Å². The quantitative estimate of drug-likeness (QED) is 0.814. The van der Waals surface area contributed by atoms with Gasteiger partial charge in [-0.2, -0.15) is 0 Å². The Balaban J connectivity index is 2.71. The molecule has 0 fully saturated rings. The predicted octanol–water partition coefficient (Wildman–Crippen LogP) is 1.36. The molecule has 0 aliphatic rings. The lowest BCUT2D eigenvalue weighted by atomic mass is 10.2. The largest absolute Gasteiger partial charge is 0.494 e. The van der Waals surface area contributed by atoms with Crippen molar-refractivity contribution in [1.82, 2.24) is 5.32 Å². The number of amides is 2. The highest BCUT2D eigenvalue weighted by molar-refractivity contribution is 6.04. The van der Waals surface area contributed by atoms with E-state index in [0.29, 0.717) is 17.9 Å². The number of ether oxygens (including phenoxy) is 1. The van der Waals surface area contributed by atoms with Crippen molar-refractivity contribution in [1.29, 1.82) is 0 Å². The van der Waals surface area contributed by atoms with Crippen LogP contribution in [0.15, 0.2) is 24.3 Å². The fourth-order valence-corrected chi connectivity index (χ4v) is 1.10. The second-order valence-corrected chi connectivity index (χ2v) is 2.97. The Kier molecular flexibility index (Phi) is 3.85. The summed E-state index contributed by atoms with van der Waals surface area (Å²) in [4.78, 5) is 22.0. The third-order valence-electron chi connectivity index (χ3n) is 1.72. The molecule has 0 unspecified atom stereocenters. The topological polar surface area (TPSA) is 55.4 Å². The first-order valence-electron chi connectivity index (χ1n) is 4.68. The number of hydrogen-bond acceptors (Lipinski definition) is 3. The van der Waals surface area contributed by atoms with Crippen molar-refractivity contribution in [2.75, 3.05) is 6.61 Å². The maximum atomic E-state index is 11.4. The highest BCUT2D eigenvalue weighted by Gasteiger charge is 2.06. The number of rotatable bonds is 3. The monoisotopic (exact) mass is 207 g/mol. The van der Waals surface area contributed by atoms with Crippen LogP contribution in [0.4, 0.5) is 0 Å². The van der Waals surface area contributed by atoms with Gasteiger partial charge in [0.1, 0.15) is 5.75 Å². The van der Waals surface area contributed by atoms with E-state index in [2.05, 4.69) is 5.32 Å². The van der Waals surface area contributed by atoms with E-state index < -0.39 is 5.91 Å². The number of imide groups is 1. The van der Waals surface area contributed by atoms with Crippen LogP contribution in [0.3, 0.4) is 0 Å². The van der Waals surface area contributed by atoms with Crippen molar-refractivity contribution in [2.45, 2.75) is 13.8 Å². The van der Waals surface area contributed by atoms with Crippen molar-refractivity contribution in [3.63, 3.8) is 0 Å². The van der Waals surface area contributed by atoms with Gasteiger partial charge in [0.05, 0.1) is 6.61 Å². The molecule has 0 aromatic heterocycles. The van der Waals surface area contributed by atoms with E-state index in [9.17, 15) is 9.59 Å². The summed E-state index contributed by atoms with van der Waals surface area (Å²) < 4.78 is 5.22. The minimum absolute atomic E-state index is 0.367. The molecule has 0 radical (unpaired) electrons. The van der Waals surface area contributed by atoms with E-state index in [1.807, 2.05) is 6.92 Å². The molecule has 0 aliphatic heterocycles. The van der Waals surface area contributed by atoms with Crippen LogP contribution < -0.4 is 10.1 Å². The van der Waals surface area contributed by atoms with E-state index in [1.54, 1.807) is 24.3 Å². The summed E-state index contributed by atoms with van der Waals surface area (Å²) in [6, 6.07) is 6.61. The molecule has 1 aromatic rings. The van der Waals surface area contributed by atoms with Crippen molar-refractivity contribution in [3.8, 4) is 5.75 Å². The summed E-state index contributed by atoms with van der Waals surface area (Å²) in [6.45, 7) is 3.77. The maximum absolute atomic E-state index is 11.4. The van der Waals surface area contributed by atoms with Crippen LogP contribution in [-0.2, 0) is 4.79 Å². The Morgan fingerprint density at radius 2 is 1.87 bits per heavy atom. The van der Waals surface area contributed by atoms with Gasteiger partial charge in [0.15, 0.2) is 0 Å². The third kappa shape index (κ3) is 3.42. The van der Waals surface area contributed by atoms with Crippen LogP contribution in [0.25, 0.3) is 0 Å². The average Bonchev–Trinajstić information content (AvgIpc) is 2.18.